The van der Waals surface area contributed by atoms with E-state index in [2.05, 4.69) is 26.3 Å². The van der Waals surface area contributed by atoms with E-state index in [1.54, 1.807) is 11.0 Å². The van der Waals surface area contributed by atoms with Gasteiger partial charge in [0.25, 0.3) is 11.8 Å². The van der Waals surface area contributed by atoms with Gasteiger partial charge < -0.3 is 26.3 Å². The Balaban J connectivity index is 1.33. The molecule has 4 aliphatic heterocycles. The van der Waals surface area contributed by atoms with Crippen LogP contribution in [-0.2, 0) is 19.2 Å². The molecule has 36 heavy (non-hydrogen) atoms. The maximum absolute atomic E-state index is 12.9. The molecule has 0 radical (unpaired) electrons. The molecular weight excluding hydrogens is 512 g/mol. The number of β-lactam (4-membered cyclic amide) rings is 1. The van der Waals surface area contributed by atoms with Crippen molar-refractivity contribution in [1.82, 2.24) is 31.0 Å². The summed E-state index contributed by atoms with van der Waals surface area (Å²) in [5, 5.41) is 25.6. The van der Waals surface area contributed by atoms with E-state index in [-0.39, 0.29) is 34.2 Å². The molecule has 3 fully saturated rings. The average molecular weight is 535 g/mol. The minimum Gasteiger partial charge on any atom is -0.477 e. The molecule has 1 aromatic rings. The molecule has 0 aliphatic carbocycles. The molecule has 4 aliphatic rings. The second-order valence-corrected chi connectivity index (χ2v) is 10.4. The van der Waals surface area contributed by atoms with Gasteiger partial charge in [0.1, 0.15) is 22.8 Å². The monoisotopic (exact) mass is 534 g/mol. The van der Waals surface area contributed by atoms with Crippen LogP contribution in [0.1, 0.15) is 12.1 Å². The maximum atomic E-state index is 12.9. The van der Waals surface area contributed by atoms with Gasteiger partial charge in [-0.1, -0.05) is 5.16 Å². The fraction of sp³-hybridized carbons (Fsp3) is 0.400. The van der Waals surface area contributed by atoms with Crippen molar-refractivity contribution in [2.24, 2.45) is 5.16 Å². The van der Waals surface area contributed by atoms with Gasteiger partial charge in [-0.05, 0) is 18.1 Å². The maximum Gasteiger partial charge on any atom is 0.352 e. The van der Waals surface area contributed by atoms with E-state index in [4.69, 9.17) is 5.73 Å². The first kappa shape index (κ1) is 24.2. The number of carbonyl (C=O) groups is 4. The zero-order valence-electron chi connectivity index (χ0n) is 18.6. The second kappa shape index (κ2) is 9.53. The predicted octanol–water partition coefficient (Wildman–Crippen LogP) is -1.72. The lowest BCUT2D eigenvalue weighted by Crippen LogP contribution is -2.71. The number of amides is 3. The number of oxime groups is 1. The van der Waals surface area contributed by atoms with Crippen LogP contribution in [0.5, 0.6) is 0 Å². The molecule has 16 heteroatoms. The van der Waals surface area contributed by atoms with Crippen LogP contribution in [0.2, 0.25) is 0 Å². The van der Waals surface area contributed by atoms with Crippen molar-refractivity contribution in [3.8, 4) is 0 Å². The zero-order valence-corrected chi connectivity index (χ0v) is 20.3. The Morgan fingerprint density at radius 1 is 1.31 bits per heavy atom. The Kier molecular flexibility index (Phi) is 6.42. The number of nitrogen functional groups attached to an aromatic ring is 1. The first-order chi connectivity index (χ1) is 17.3. The molecule has 5 heterocycles. The third kappa shape index (κ3) is 4.11. The normalized spacial score (nSPS) is 26.0. The molecule has 0 aromatic carbocycles. The molecule has 0 spiro atoms. The Morgan fingerprint density at radius 3 is 2.69 bits per heavy atom. The summed E-state index contributed by atoms with van der Waals surface area (Å²) in [6, 6.07) is -0.999. The van der Waals surface area contributed by atoms with Gasteiger partial charge in [-0.2, -0.15) is 0 Å². The Bertz CT molecular complexity index is 1240. The molecule has 0 unspecified atom stereocenters. The van der Waals surface area contributed by atoms with Gasteiger partial charge in [0.15, 0.2) is 10.8 Å². The summed E-state index contributed by atoms with van der Waals surface area (Å²) in [4.78, 5) is 57.4. The number of aromatic nitrogens is 1. The van der Waals surface area contributed by atoms with Crippen LogP contribution in [0.4, 0.5) is 5.13 Å². The number of nitrogens with two attached hydrogens (primary N) is 1. The summed E-state index contributed by atoms with van der Waals surface area (Å²) in [7, 11) is 0. The number of carbonyl (C=O) groups excluding carboxylic acids is 3. The van der Waals surface area contributed by atoms with Gasteiger partial charge in [-0.15, -0.1) is 23.1 Å². The topological polar surface area (TPSA) is 203 Å². The largest absolute Gasteiger partial charge is 0.477 e. The minimum atomic E-state index is -1.30. The van der Waals surface area contributed by atoms with Crippen LogP contribution in [0.3, 0.4) is 0 Å². The summed E-state index contributed by atoms with van der Waals surface area (Å²) < 4.78 is 0. The van der Waals surface area contributed by atoms with Crippen molar-refractivity contribution in [2.75, 3.05) is 31.1 Å². The summed E-state index contributed by atoms with van der Waals surface area (Å²) in [6.07, 6.45) is 2.06. The molecule has 2 atom stereocenters. The Morgan fingerprint density at radius 2 is 2.06 bits per heavy atom. The number of thioether (sulfide) groups is 1. The summed E-state index contributed by atoms with van der Waals surface area (Å²) in [5.74, 6) is -2.68. The fourth-order valence-electron chi connectivity index (χ4n) is 4.57. The highest BCUT2D eigenvalue weighted by atomic mass is 32.2. The summed E-state index contributed by atoms with van der Waals surface area (Å²) >= 11 is 2.32. The van der Waals surface area contributed by atoms with Crippen molar-refractivity contribution in [3.05, 3.63) is 34.0 Å². The van der Waals surface area contributed by atoms with E-state index in [1.807, 2.05) is 0 Å². The van der Waals surface area contributed by atoms with Crippen LogP contribution in [0, 0.1) is 0 Å². The highest BCUT2D eigenvalue weighted by Gasteiger charge is 2.54. The van der Waals surface area contributed by atoms with Crippen molar-refractivity contribution in [1.29, 1.82) is 0 Å². The number of hydrogen-bond acceptors (Lipinski definition) is 12. The molecule has 3 saturated heterocycles. The number of allylic oxidation sites excluding steroid dienone is 1. The summed E-state index contributed by atoms with van der Waals surface area (Å²) in [5.41, 5.74) is 11.8. The van der Waals surface area contributed by atoms with Crippen molar-refractivity contribution >= 4 is 57.6 Å². The van der Waals surface area contributed by atoms with E-state index in [9.17, 15) is 29.5 Å². The minimum absolute atomic E-state index is 0.0239. The Hall–Kier alpha value is -3.47. The third-order valence-electron chi connectivity index (χ3n) is 6.31. The predicted molar refractivity (Wildman–Crippen MR) is 129 cm³/mol. The molecule has 14 nitrogen and oxygen atoms in total. The van der Waals surface area contributed by atoms with Gasteiger partial charge >= 0.3 is 5.97 Å². The van der Waals surface area contributed by atoms with Crippen molar-refractivity contribution in [3.63, 3.8) is 0 Å². The fourth-order valence-corrected chi connectivity index (χ4v) is 6.43. The second-order valence-electron chi connectivity index (χ2n) is 8.39. The van der Waals surface area contributed by atoms with Crippen LogP contribution in [0.15, 0.2) is 33.5 Å². The number of fused-ring (bicyclic) bond motifs is 1. The van der Waals surface area contributed by atoms with Crippen LogP contribution >= 0.6 is 23.1 Å². The van der Waals surface area contributed by atoms with Gasteiger partial charge in [0.05, 0.1) is 6.04 Å². The van der Waals surface area contributed by atoms with Crippen molar-refractivity contribution in [2.45, 2.75) is 23.9 Å². The lowest BCUT2D eigenvalue weighted by molar-refractivity contribution is -0.150. The highest BCUT2D eigenvalue weighted by molar-refractivity contribution is 8.00. The molecule has 0 saturated carbocycles. The van der Waals surface area contributed by atoms with Crippen LogP contribution in [-0.4, -0.2) is 97.3 Å². The standard InChI is InChI=1S/C20H22N8O6S2/c21-20-24-11(7-36-20)12(26-34)15(29)25-13-17(31)28-14(19(32)33)9(6-35-18(13)28)3-8-1-2-27(16(8)30)10-4-22-23-5-10/h3,7,10,13,18,22-23,34H,1-2,4-6H2,(H2,21,24)(H,25,29)(H,32,33)/b8-3?,26-12-/t13-,18-/m1/s1. The third-order valence-corrected chi connectivity index (χ3v) is 8.29. The smallest absolute Gasteiger partial charge is 0.352 e. The van der Waals surface area contributed by atoms with E-state index in [1.165, 1.54) is 17.1 Å². The number of rotatable bonds is 6. The number of likely N-dealkylation sites (tertiary alicyclic amines) is 1. The lowest BCUT2D eigenvalue weighted by atomic mass is 10.0. The lowest BCUT2D eigenvalue weighted by Gasteiger charge is -2.49. The number of hydrazine groups is 1. The van der Waals surface area contributed by atoms with Gasteiger partial charge in [-0.25, -0.2) is 9.78 Å². The Labute approximate surface area is 212 Å². The summed E-state index contributed by atoms with van der Waals surface area (Å²) in [6.45, 7) is 1.81. The SMILES string of the molecule is Nc1nc(/C(=N/O)C(=O)N[C@@H]2C(=O)N3C(C(=O)O)=C(C=C4CCN(C5CNNC5)C4=O)CS[C@H]23)cs1. The van der Waals surface area contributed by atoms with Gasteiger partial charge in [-0.3, -0.25) is 30.1 Å². The number of thiazole rings is 1. The molecular formula is C20H22N8O6S2. The van der Waals surface area contributed by atoms with E-state index in [0.717, 1.165) is 16.2 Å². The molecule has 0 bridgehead atoms. The molecule has 3 amide bonds. The van der Waals surface area contributed by atoms with Crippen LogP contribution < -0.4 is 21.9 Å². The first-order valence-electron chi connectivity index (χ1n) is 10.9. The van der Waals surface area contributed by atoms with E-state index >= 15 is 0 Å². The number of carboxylic acid groups (broad SMARTS) is 1. The molecule has 190 valence electrons. The molecule has 1 aromatic heterocycles. The van der Waals surface area contributed by atoms with Gasteiger partial charge in [0, 0.05) is 36.3 Å². The zero-order chi connectivity index (χ0) is 25.6. The quantitative estimate of drug-likeness (QED) is 0.0796. The van der Waals surface area contributed by atoms with Crippen LogP contribution in [0.25, 0.3) is 0 Å². The van der Waals surface area contributed by atoms with Gasteiger partial charge in [0.2, 0.25) is 5.91 Å². The van der Waals surface area contributed by atoms with Crippen molar-refractivity contribution < 1.29 is 29.5 Å². The average Bonchev–Trinajstić information content (AvgIpc) is 3.60. The van der Waals surface area contributed by atoms with E-state index in [0.29, 0.717) is 37.2 Å². The number of carboxylic acids is 1. The number of nitrogens with one attached hydrogen (secondary N) is 3. The molecule has 5 rings (SSSR count). The number of nitrogens with zero attached hydrogens (tertiary/aromatic N) is 4. The van der Waals surface area contributed by atoms with E-state index < -0.39 is 34.9 Å². The number of anilines is 1. The first-order valence-corrected chi connectivity index (χ1v) is 12.9. The highest BCUT2D eigenvalue weighted by Crippen LogP contribution is 2.41. The molecule has 7 N–H and O–H groups in total. The number of aliphatic carboxylic acids is 1. The number of hydrogen-bond donors (Lipinski definition) is 6.